The molecule has 208 valence electrons. The van der Waals surface area contributed by atoms with E-state index in [9.17, 15) is 24.3 Å². The van der Waals surface area contributed by atoms with Crippen LogP contribution in [-0.4, -0.2) is 57.2 Å². The molecule has 1 aliphatic rings. The summed E-state index contributed by atoms with van der Waals surface area (Å²) < 4.78 is 0.851. The van der Waals surface area contributed by atoms with E-state index >= 15 is 0 Å². The highest BCUT2D eigenvalue weighted by molar-refractivity contribution is 7.20. The molecule has 3 amide bonds. The number of thiazole rings is 1. The molecule has 40 heavy (non-hydrogen) atoms. The van der Waals surface area contributed by atoms with Crippen LogP contribution in [-0.2, 0) is 9.59 Å². The summed E-state index contributed by atoms with van der Waals surface area (Å²) in [5, 5.41) is 19.3. The molecule has 3 atom stereocenters. The highest BCUT2D eigenvalue weighted by atomic mass is 32.1. The van der Waals surface area contributed by atoms with Crippen molar-refractivity contribution in [3.63, 3.8) is 0 Å². The number of ketones is 1. The lowest BCUT2D eigenvalue weighted by molar-refractivity contribution is -0.125. The van der Waals surface area contributed by atoms with Gasteiger partial charge in [-0.15, -0.1) is 11.3 Å². The number of para-hydroxylation sites is 1. The Balaban J connectivity index is 1.38. The lowest BCUT2D eigenvalue weighted by atomic mass is 9.95. The average molecular weight is 562 g/mol. The van der Waals surface area contributed by atoms with Gasteiger partial charge in [-0.1, -0.05) is 32.0 Å². The Morgan fingerprint density at radius 2 is 1.90 bits per heavy atom. The number of carbonyl (C=O) groups is 4. The summed E-state index contributed by atoms with van der Waals surface area (Å²) >= 11 is 1.24. The predicted molar refractivity (Wildman–Crippen MR) is 152 cm³/mol. The van der Waals surface area contributed by atoms with Gasteiger partial charge in [0.25, 0.3) is 5.91 Å². The molecular weight excluding hydrogens is 530 g/mol. The van der Waals surface area contributed by atoms with E-state index in [1.165, 1.54) is 23.5 Å². The average Bonchev–Trinajstić information content (AvgIpc) is 3.66. The molecule has 0 radical (unpaired) electrons. The number of phenols is 1. The second kappa shape index (κ2) is 11.5. The number of hydrogen-bond donors (Lipinski definition) is 5. The molecule has 3 heterocycles. The largest absolute Gasteiger partial charge is 0.507 e. The Hall–Kier alpha value is -4.25. The summed E-state index contributed by atoms with van der Waals surface area (Å²) in [5.41, 5.74) is 1.47. The lowest BCUT2D eigenvalue weighted by Crippen LogP contribution is -2.52. The molecule has 5 rings (SSSR count). The summed E-state index contributed by atoms with van der Waals surface area (Å²) in [4.78, 5) is 60.2. The fourth-order valence-corrected chi connectivity index (χ4v) is 5.95. The first-order valence-corrected chi connectivity index (χ1v) is 14.1. The van der Waals surface area contributed by atoms with Gasteiger partial charge in [-0.2, -0.15) is 0 Å². The van der Waals surface area contributed by atoms with Crippen molar-refractivity contribution in [3.8, 4) is 5.75 Å². The summed E-state index contributed by atoms with van der Waals surface area (Å²) in [6.45, 7) is 4.38. The van der Waals surface area contributed by atoms with Crippen LogP contribution in [0.5, 0.6) is 5.75 Å². The Morgan fingerprint density at radius 3 is 2.60 bits per heavy atom. The van der Waals surface area contributed by atoms with Crippen LogP contribution in [0.2, 0.25) is 0 Å². The number of Topliss-reactive ketones (excluding diaryl/α,β-unsaturated/α-hetero) is 1. The number of phenolic OH excluding ortho intramolecular Hbond substituents is 1. The Labute approximate surface area is 234 Å². The van der Waals surface area contributed by atoms with Gasteiger partial charge in [-0.25, -0.2) is 4.98 Å². The zero-order valence-electron chi connectivity index (χ0n) is 22.2. The number of fused-ring (bicyclic) bond motifs is 2. The smallest absolute Gasteiger partial charge is 0.268 e. The lowest BCUT2D eigenvalue weighted by Gasteiger charge is -2.24. The normalized spacial score (nSPS) is 16.7. The quantitative estimate of drug-likeness (QED) is 0.187. The van der Waals surface area contributed by atoms with Gasteiger partial charge in [0, 0.05) is 23.4 Å². The number of aromatic amines is 1. The molecule has 4 aromatic rings. The maximum Gasteiger partial charge on any atom is 0.268 e. The second-order valence-corrected chi connectivity index (χ2v) is 11.5. The third kappa shape index (κ3) is 5.84. The van der Waals surface area contributed by atoms with Gasteiger partial charge in [-0.05, 0) is 55.5 Å². The van der Waals surface area contributed by atoms with Gasteiger partial charge in [0.05, 0.1) is 16.3 Å². The SMILES string of the molecule is CC(C)C[C@H](NC(=O)c1cc2c(O)cccc2[nH]1)C(=O)N[C@@H](C[C@@H]1CCNC1=O)C(=O)c1nc2ccccc2s1. The van der Waals surface area contributed by atoms with Crippen LogP contribution < -0.4 is 16.0 Å². The highest BCUT2D eigenvalue weighted by Gasteiger charge is 2.35. The molecule has 1 aliphatic heterocycles. The first-order chi connectivity index (χ1) is 19.2. The number of carbonyl (C=O) groups excluding carboxylic acids is 4. The number of amides is 3. The molecule has 5 N–H and O–H groups in total. The first-order valence-electron chi connectivity index (χ1n) is 13.3. The van der Waals surface area contributed by atoms with Crippen LogP contribution in [0.4, 0.5) is 0 Å². The van der Waals surface area contributed by atoms with Crippen LogP contribution in [0, 0.1) is 11.8 Å². The second-order valence-electron chi connectivity index (χ2n) is 10.5. The third-order valence-corrected chi connectivity index (χ3v) is 8.09. The molecule has 2 aromatic carbocycles. The molecular formula is C29H31N5O5S. The van der Waals surface area contributed by atoms with Gasteiger partial charge in [-0.3, -0.25) is 19.2 Å². The fraction of sp³-hybridized carbons (Fsp3) is 0.345. The Kier molecular flexibility index (Phi) is 7.83. The molecule has 0 aliphatic carbocycles. The molecule has 0 saturated carbocycles. The predicted octanol–water partition coefficient (Wildman–Crippen LogP) is 3.52. The standard InChI is InChI=1S/C29H31N5O5S/c1-15(2)12-21(33-28(39)22-14-17-18(31-22)7-5-8-23(17)35)27(38)32-20(13-16-10-11-30-26(16)37)25(36)29-34-19-6-3-4-9-24(19)40-29/h3-9,14-16,20-21,31,35H,10-13H2,1-2H3,(H,30,37)(H,32,38)(H,33,39)/t16-,20-,21-/m0/s1. The van der Waals surface area contributed by atoms with Gasteiger partial charge in [0.2, 0.25) is 17.6 Å². The number of aromatic hydroxyl groups is 1. The molecule has 0 unspecified atom stereocenters. The maximum absolute atomic E-state index is 13.6. The van der Waals surface area contributed by atoms with Crippen LogP contribution in [0.1, 0.15) is 53.4 Å². The molecule has 11 heteroatoms. The number of H-pyrrole nitrogens is 1. The van der Waals surface area contributed by atoms with E-state index in [0.717, 1.165) is 4.70 Å². The minimum atomic E-state index is -0.988. The fourth-order valence-electron chi connectivity index (χ4n) is 4.99. The minimum absolute atomic E-state index is 0.0384. The highest BCUT2D eigenvalue weighted by Crippen LogP contribution is 2.26. The van der Waals surface area contributed by atoms with E-state index in [4.69, 9.17) is 0 Å². The first kappa shape index (κ1) is 27.3. The van der Waals surface area contributed by atoms with Crippen LogP contribution in [0.3, 0.4) is 0 Å². The summed E-state index contributed by atoms with van der Waals surface area (Å²) in [6.07, 6.45) is 1.03. The van der Waals surface area contributed by atoms with Crippen molar-refractivity contribution in [1.82, 2.24) is 25.9 Å². The van der Waals surface area contributed by atoms with E-state index in [2.05, 4.69) is 25.9 Å². The molecule has 0 bridgehead atoms. The summed E-state index contributed by atoms with van der Waals surface area (Å²) in [7, 11) is 0. The van der Waals surface area contributed by atoms with Crippen LogP contribution >= 0.6 is 11.3 Å². The summed E-state index contributed by atoms with van der Waals surface area (Å²) in [6, 6.07) is 11.9. The maximum atomic E-state index is 13.6. The zero-order valence-corrected chi connectivity index (χ0v) is 23.0. The molecule has 10 nitrogen and oxygen atoms in total. The Bertz CT molecular complexity index is 1560. The van der Waals surface area contributed by atoms with Crippen molar-refractivity contribution >= 4 is 56.0 Å². The van der Waals surface area contributed by atoms with Crippen molar-refractivity contribution in [2.75, 3.05) is 6.54 Å². The topological polar surface area (TPSA) is 153 Å². The third-order valence-electron chi connectivity index (χ3n) is 7.04. The van der Waals surface area contributed by atoms with Crippen LogP contribution in [0.15, 0.2) is 48.5 Å². The van der Waals surface area contributed by atoms with Gasteiger partial charge < -0.3 is 26.0 Å². The van der Waals surface area contributed by atoms with E-state index in [1.54, 1.807) is 12.1 Å². The van der Waals surface area contributed by atoms with Gasteiger partial charge in [0.1, 0.15) is 17.5 Å². The van der Waals surface area contributed by atoms with Crippen molar-refractivity contribution < 1.29 is 24.3 Å². The summed E-state index contributed by atoms with van der Waals surface area (Å²) in [5.74, 6) is -1.86. The molecule has 0 spiro atoms. The molecule has 1 fully saturated rings. The molecule has 2 aromatic heterocycles. The minimum Gasteiger partial charge on any atom is -0.507 e. The van der Waals surface area contributed by atoms with Crippen molar-refractivity contribution in [3.05, 3.63) is 59.2 Å². The zero-order chi connectivity index (χ0) is 28.4. The van der Waals surface area contributed by atoms with E-state index < -0.39 is 29.8 Å². The van der Waals surface area contributed by atoms with Crippen molar-refractivity contribution in [1.29, 1.82) is 0 Å². The van der Waals surface area contributed by atoms with Gasteiger partial charge >= 0.3 is 0 Å². The van der Waals surface area contributed by atoms with Crippen molar-refractivity contribution in [2.24, 2.45) is 11.8 Å². The number of nitrogens with one attached hydrogen (secondary N) is 4. The monoisotopic (exact) mass is 561 g/mol. The Morgan fingerprint density at radius 1 is 1.10 bits per heavy atom. The van der Waals surface area contributed by atoms with Gasteiger partial charge in [0.15, 0.2) is 5.01 Å². The van der Waals surface area contributed by atoms with E-state index in [-0.39, 0.29) is 40.5 Å². The number of nitrogens with zero attached hydrogens (tertiary/aromatic N) is 1. The number of benzene rings is 2. The molecule has 1 saturated heterocycles. The van der Waals surface area contributed by atoms with E-state index in [1.807, 2.05) is 38.1 Å². The van der Waals surface area contributed by atoms with Crippen LogP contribution in [0.25, 0.3) is 21.1 Å². The van der Waals surface area contributed by atoms with Crippen molar-refractivity contribution in [2.45, 2.75) is 45.2 Å². The number of hydrogen-bond acceptors (Lipinski definition) is 7. The number of rotatable bonds is 10. The van der Waals surface area contributed by atoms with E-state index in [0.29, 0.717) is 35.8 Å². The number of aromatic nitrogens is 2.